The lowest BCUT2D eigenvalue weighted by molar-refractivity contribution is -0.119. The third kappa shape index (κ3) is 2.50. The minimum atomic E-state index is -0.0722. The largest absolute Gasteiger partial charge is 0.357 e. The third-order valence-corrected chi connectivity index (χ3v) is 4.34. The van der Waals surface area contributed by atoms with E-state index in [1.54, 1.807) is 0 Å². The molecule has 0 unspecified atom stereocenters. The van der Waals surface area contributed by atoms with E-state index in [9.17, 15) is 4.79 Å². The van der Waals surface area contributed by atoms with Gasteiger partial charge in [0.25, 0.3) is 0 Å². The fourth-order valence-electron chi connectivity index (χ4n) is 2.67. The quantitative estimate of drug-likeness (QED) is 0.830. The Kier molecular flexibility index (Phi) is 3.62. The van der Waals surface area contributed by atoms with Crippen molar-refractivity contribution in [3.05, 3.63) is 64.1 Å². The molecule has 0 spiro atoms. The molecular formula is C17H16BrNO. The second-order valence-corrected chi connectivity index (χ2v) is 6.12. The molecule has 2 aromatic rings. The van der Waals surface area contributed by atoms with Crippen molar-refractivity contribution < 1.29 is 4.79 Å². The number of ketones is 1. The molecule has 0 amide bonds. The van der Waals surface area contributed by atoms with Crippen molar-refractivity contribution in [3.63, 3.8) is 0 Å². The highest BCUT2D eigenvalue weighted by Crippen LogP contribution is 2.32. The van der Waals surface area contributed by atoms with Crippen molar-refractivity contribution in [1.29, 1.82) is 0 Å². The van der Waals surface area contributed by atoms with Crippen LogP contribution in [0.25, 0.3) is 0 Å². The summed E-state index contributed by atoms with van der Waals surface area (Å²) in [5.74, 6) is 0.288. The normalized spacial score (nSPS) is 18.0. The van der Waals surface area contributed by atoms with Gasteiger partial charge in [0.1, 0.15) is 0 Å². The molecule has 0 fully saturated rings. The number of anilines is 1. The Bertz CT molecular complexity index is 639. The van der Waals surface area contributed by atoms with E-state index < -0.39 is 0 Å². The number of fused-ring (bicyclic) bond motifs is 1. The molecule has 2 nitrogen and oxygen atoms in total. The Morgan fingerprint density at radius 1 is 1.20 bits per heavy atom. The summed E-state index contributed by atoms with van der Waals surface area (Å²) < 4.78 is 1.05. The van der Waals surface area contributed by atoms with Gasteiger partial charge in [0.2, 0.25) is 0 Å². The molecule has 0 aliphatic carbocycles. The van der Waals surface area contributed by atoms with Gasteiger partial charge in [-0.2, -0.15) is 0 Å². The first-order valence-electron chi connectivity index (χ1n) is 6.77. The lowest BCUT2D eigenvalue weighted by atomic mass is 9.95. The molecule has 1 aliphatic rings. The van der Waals surface area contributed by atoms with E-state index in [0.717, 1.165) is 22.3 Å². The molecule has 102 valence electrons. The summed E-state index contributed by atoms with van der Waals surface area (Å²) in [6.07, 6.45) is 0.537. The lowest BCUT2D eigenvalue weighted by Crippen LogP contribution is -2.43. The average Bonchev–Trinajstić information content (AvgIpc) is 2.46. The standard InChI is InChI=1S/C17H16BrNO/c1-12-17(20)9-14-7-8-15(18)10-16(14)19(12)11-13-5-3-2-4-6-13/h2-8,10,12H,9,11H2,1H3/t12-/m1/s1. The van der Waals surface area contributed by atoms with Crippen molar-refractivity contribution >= 4 is 27.4 Å². The highest BCUT2D eigenvalue weighted by Gasteiger charge is 2.29. The van der Waals surface area contributed by atoms with Crippen molar-refractivity contribution in [2.75, 3.05) is 4.90 Å². The van der Waals surface area contributed by atoms with Gasteiger partial charge in [0.15, 0.2) is 5.78 Å². The van der Waals surface area contributed by atoms with Crippen LogP contribution in [0.3, 0.4) is 0 Å². The Morgan fingerprint density at radius 3 is 2.70 bits per heavy atom. The smallest absolute Gasteiger partial charge is 0.159 e. The predicted octanol–water partition coefficient (Wildman–Crippen LogP) is 3.97. The summed E-state index contributed by atoms with van der Waals surface area (Å²) in [6.45, 7) is 2.76. The molecule has 1 aliphatic heterocycles. The number of hydrogen-bond donors (Lipinski definition) is 0. The zero-order chi connectivity index (χ0) is 14.1. The van der Waals surface area contributed by atoms with Crippen LogP contribution in [0.15, 0.2) is 53.0 Å². The van der Waals surface area contributed by atoms with Gasteiger partial charge in [-0.05, 0) is 30.2 Å². The molecule has 0 radical (unpaired) electrons. The van der Waals surface area contributed by atoms with Gasteiger partial charge in [0.05, 0.1) is 6.04 Å². The molecule has 3 heteroatoms. The number of carbonyl (C=O) groups excluding carboxylic acids is 1. The van der Waals surface area contributed by atoms with Gasteiger partial charge < -0.3 is 4.90 Å². The molecule has 0 bridgehead atoms. The Labute approximate surface area is 127 Å². The van der Waals surface area contributed by atoms with Crippen LogP contribution in [0.2, 0.25) is 0 Å². The number of Topliss-reactive ketones (excluding diaryl/α,β-unsaturated/α-hetero) is 1. The molecule has 0 saturated carbocycles. The zero-order valence-corrected chi connectivity index (χ0v) is 12.9. The molecule has 20 heavy (non-hydrogen) atoms. The molecule has 3 rings (SSSR count). The van der Waals surface area contributed by atoms with Crippen LogP contribution in [0.5, 0.6) is 0 Å². The maximum atomic E-state index is 12.2. The van der Waals surface area contributed by atoms with E-state index in [1.165, 1.54) is 5.56 Å². The number of benzene rings is 2. The Balaban J connectivity index is 2.00. The average molecular weight is 330 g/mol. The number of carbonyl (C=O) groups is 1. The molecular weight excluding hydrogens is 314 g/mol. The number of hydrogen-bond acceptors (Lipinski definition) is 2. The van der Waals surface area contributed by atoms with Gasteiger partial charge >= 0.3 is 0 Å². The first-order valence-corrected chi connectivity index (χ1v) is 7.56. The van der Waals surface area contributed by atoms with Crippen LogP contribution in [-0.2, 0) is 17.8 Å². The fourth-order valence-corrected chi connectivity index (χ4v) is 3.02. The van der Waals surface area contributed by atoms with Crippen molar-refractivity contribution in [2.45, 2.75) is 25.9 Å². The van der Waals surface area contributed by atoms with Crippen LogP contribution in [0, 0.1) is 0 Å². The zero-order valence-electron chi connectivity index (χ0n) is 11.3. The van der Waals surface area contributed by atoms with Gasteiger partial charge in [0, 0.05) is 23.1 Å². The van der Waals surface area contributed by atoms with Crippen molar-refractivity contribution in [1.82, 2.24) is 0 Å². The van der Waals surface area contributed by atoms with Crippen LogP contribution in [0.4, 0.5) is 5.69 Å². The lowest BCUT2D eigenvalue weighted by Gasteiger charge is -2.36. The number of rotatable bonds is 2. The molecule has 1 heterocycles. The second-order valence-electron chi connectivity index (χ2n) is 5.21. The van der Waals surface area contributed by atoms with E-state index in [2.05, 4.69) is 39.0 Å². The van der Waals surface area contributed by atoms with Crippen molar-refractivity contribution in [2.24, 2.45) is 0 Å². The Hall–Kier alpha value is -1.61. The minimum Gasteiger partial charge on any atom is -0.357 e. The SMILES string of the molecule is C[C@@H]1C(=O)Cc2ccc(Br)cc2N1Cc1ccccc1. The molecule has 1 atom stereocenters. The first kappa shape index (κ1) is 13.4. The van der Waals surface area contributed by atoms with Gasteiger partial charge in [-0.25, -0.2) is 0 Å². The first-order chi connectivity index (χ1) is 9.65. The van der Waals surface area contributed by atoms with Gasteiger partial charge in [-0.3, -0.25) is 4.79 Å². The molecule has 0 saturated heterocycles. The van der Waals surface area contributed by atoms with Crippen molar-refractivity contribution in [3.8, 4) is 0 Å². The van der Waals surface area contributed by atoms with Crippen LogP contribution >= 0.6 is 15.9 Å². The number of halogens is 1. The summed E-state index contributed by atoms with van der Waals surface area (Å²) in [5.41, 5.74) is 3.50. The van der Waals surface area contributed by atoms with E-state index in [-0.39, 0.29) is 11.8 Å². The summed E-state index contributed by atoms with van der Waals surface area (Å²) in [7, 11) is 0. The Morgan fingerprint density at radius 2 is 1.95 bits per heavy atom. The van der Waals surface area contributed by atoms with E-state index in [4.69, 9.17) is 0 Å². The maximum absolute atomic E-state index is 12.2. The predicted molar refractivity (Wildman–Crippen MR) is 84.9 cm³/mol. The molecule has 2 aromatic carbocycles. The van der Waals surface area contributed by atoms with Crippen LogP contribution < -0.4 is 4.90 Å². The molecule has 0 N–H and O–H groups in total. The van der Waals surface area contributed by atoms with E-state index >= 15 is 0 Å². The van der Waals surface area contributed by atoms with Gasteiger partial charge in [-0.15, -0.1) is 0 Å². The summed E-state index contributed by atoms with van der Waals surface area (Å²) in [6, 6.07) is 16.4. The van der Waals surface area contributed by atoms with Crippen LogP contribution in [-0.4, -0.2) is 11.8 Å². The maximum Gasteiger partial charge on any atom is 0.159 e. The van der Waals surface area contributed by atoms with Gasteiger partial charge in [-0.1, -0.05) is 52.3 Å². The molecule has 0 aromatic heterocycles. The monoisotopic (exact) mass is 329 g/mol. The topological polar surface area (TPSA) is 20.3 Å². The highest BCUT2D eigenvalue weighted by molar-refractivity contribution is 9.10. The fraction of sp³-hybridized carbons (Fsp3) is 0.235. The van der Waals surface area contributed by atoms with E-state index in [1.807, 2.05) is 37.3 Å². The number of nitrogens with zero attached hydrogens (tertiary/aromatic N) is 1. The highest BCUT2D eigenvalue weighted by atomic mass is 79.9. The third-order valence-electron chi connectivity index (χ3n) is 3.85. The summed E-state index contributed by atoms with van der Waals surface area (Å²) in [4.78, 5) is 14.4. The summed E-state index contributed by atoms with van der Waals surface area (Å²) >= 11 is 3.53. The second kappa shape index (κ2) is 5.41. The minimum absolute atomic E-state index is 0.0722. The van der Waals surface area contributed by atoms with Crippen LogP contribution in [0.1, 0.15) is 18.1 Å². The summed E-state index contributed by atoms with van der Waals surface area (Å²) in [5, 5.41) is 0. The van der Waals surface area contributed by atoms with E-state index in [0.29, 0.717) is 6.42 Å².